The molecule has 0 aliphatic carbocycles. The van der Waals surface area contributed by atoms with Crippen LogP contribution in [0.1, 0.15) is 17.7 Å². The standard InChI is InChI=1S/C12H16N2O3/c1-14(6-4-12(15)16)11-3-2-9-5-7-17-8-10(9)13-11/h2-3H,4-8H2,1H3,(H,15,16). The van der Waals surface area contributed by atoms with Gasteiger partial charge >= 0.3 is 5.97 Å². The monoisotopic (exact) mass is 236 g/mol. The number of fused-ring (bicyclic) bond motifs is 1. The molecule has 0 fully saturated rings. The number of hydrogen-bond donors (Lipinski definition) is 1. The lowest BCUT2D eigenvalue weighted by atomic mass is 10.1. The quantitative estimate of drug-likeness (QED) is 0.847. The van der Waals surface area contributed by atoms with E-state index < -0.39 is 5.97 Å². The number of carboxylic acids is 1. The predicted molar refractivity (Wildman–Crippen MR) is 63.1 cm³/mol. The summed E-state index contributed by atoms with van der Waals surface area (Å²) in [6.45, 7) is 1.76. The van der Waals surface area contributed by atoms with Gasteiger partial charge in [0.15, 0.2) is 0 Å². The summed E-state index contributed by atoms with van der Waals surface area (Å²) in [5.41, 5.74) is 2.20. The summed E-state index contributed by atoms with van der Waals surface area (Å²) in [7, 11) is 1.85. The van der Waals surface area contributed by atoms with Crippen molar-refractivity contribution in [1.29, 1.82) is 0 Å². The molecule has 1 aliphatic rings. The SMILES string of the molecule is CN(CCC(=O)O)c1ccc2c(n1)COCC2. The molecule has 0 bridgehead atoms. The summed E-state index contributed by atoms with van der Waals surface area (Å²) < 4.78 is 5.35. The summed E-state index contributed by atoms with van der Waals surface area (Å²) in [4.78, 5) is 16.9. The van der Waals surface area contributed by atoms with E-state index in [9.17, 15) is 4.79 Å². The highest BCUT2D eigenvalue weighted by atomic mass is 16.5. The molecule has 0 radical (unpaired) electrons. The van der Waals surface area contributed by atoms with Crippen molar-refractivity contribution in [3.05, 3.63) is 23.4 Å². The molecule has 0 amide bonds. The van der Waals surface area contributed by atoms with Gasteiger partial charge in [-0.2, -0.15) is 0 Å². The van der Waals surface area contributed by atoms with Crippen LogP contribution in [-0.2, 0) is 22.6 Å². The van der Waals surface area contributed by atoms with E-state index in [1.807, 2.05) is 18.0 Å². The molecule has 1 aromatic heterocycles. The number of carbonyl (C=O) groups is 1. The number of ether oxygens (including phenoxy) is 1. The van der Waals surface area contributed by atoms with Crippen molar-refractivity contribution in [3.8, 4) is 0 Å². The Hall–Kier alpha value is -1.62. The molecule has 1 aliphatic heterocycles. The molecule has 0 unspecified atom stereocenters. The van der Waals surface area contributed by atoms with Crippen LogP contribution in [0.5, 0.6) is 0 Å². The first-order valence-electron chi connectivity index (χ1n) is 5.66. The Balaban J connectivity index is 2.08. The molecular formula is C12H16N2O3. The molecule has 1 N–H and O–H groups in total. The van der Waals surface area contributed by atoms with Gasteiger partial charge in [0.25, 0.3) is 0 Å². The molecule has 17 heavy (non-hydrogen) atoms. The summed E-state index contributed by atoms with van der Waals surface area (Å²) in [6.07, 6.45) is 1.02. The maximum atomic E-state index is 10.5. The lowest BCUT2D eigenvalue weighted by Gasteiger charge is -2.21. The van der Waals surface area contributed by atoms with Gasteiger partial charge in [0.2, 0.25) is 0 Å². The second-order valence-corrected chi connectivity index (χ2v) is 4.14. The van der Waals surface area contributed by atoms with Crippen LogP contribution in [0.4, 0.5) is 5.82 Å². The van der Waals surface area contributed by atoms with Gasteiger partial charge in [0.05, 0.1) is 25.3 Å². The minimum Gasteiger partial charge on any atom is -0.481 e. The Morgan fingerprint density at radius 2 is 2.41 bits per heavy atom. The summed E-state index contributed by atoms with van der Waals surface area (Å²) in [5.74, 6) is 0.00800. The summed E-state index contributed by atoms with van der Waals surface area (Å²) in [6, 6.07) is 3.99. The third-order valence-electron chi connectivity index (χ3n) is 2.86. The van der Waals surface area contributed by atoms with Crippen molar-refractivity contribution in [2.45, 2.75) is 19.4 Å². The number of aliphatic carboxylic acids is 1. The molecule has 0 saturated carbocycles. The first-order chi connectivity index (χ1) is 8.16. The van der Waals surface area contributed by atoms with Gasteiger partial charge in [-0.3, -0.25) is 4.79 Å². The first-order valence-corrected chi connectivity index (χ1v) is 5.66. The topological polar surface area (TPSA) is 62.7 Å². The zero-order valence-corrected chi connectivity index (χ0v) is 9.85. The Morgan fingerprint density at radius 3 is 3.18 bits per heavy atom. The first kappa shape index (κ1) is 11.9. The van der Waals surface area contributed by atoms with E-state index in [1.54, 1.807) is 0 Å². The van der Waals surface area contributed by atoms with Gasteiger partial charge in [-0.05, 0) is 18.1 Å². The van der Waals surface area contributed by atoms with E-state index in [-0.39, 0.29) is 6.42 Å². The number of hydrogen-bond acceptors (Lipinski definition) is 4. The second-order valence-electron chi connectivity index (χ2n) is 4.14. The van der Waals surface area contributed by atoms with Crippen molar-refractivity contribution >= 4 is 11.8 Å². The van der Waals surface area contributed by atoms with Crippen molar-refractivity contribution in [2.75, 3.05) is 25.1 Å². The average molecular weight is 236 g/mol. The van der Waals surface area contributed by atoms with Gasteiger partial charge in [-0.15, -0.1) is 0 Å². The second kappa shape index (κ2) is 5.14. The molecule has 0 saturated heterocycles. The normalized spacial score (nSPS) is 14.2. The fraction of sp³-hybridized carbons (Fsp3) is 0.500. The third kappa shape index (κ3) is 2.94. The molecule has 0 atom stereocenters. The number of nitrogens with zero attached hydrogens (tertiary/aromatic N) is 2. The Morgan fingerprint density at radius 1 is 1.59 bits per heavy atom. The summed E-state index contributed by atoms with van der Waals surface area (Å²) in [5, 5.41) is 8.63. The molecule has 0 spiro atoms. The smallest absolute Gasteiger partial charge is 0.305 e. The van der Waals surface area contributed by atoms with Crippen LogP contribution in [-0.4, -0.2) is 36.3 Å². The number of anilines is 1. The minimum absolute atomic E-state index is 0.117. The largest absolute Gasteiger partial charge is 0.481 e. The highest BCUT2D eigenvalue weighted by Gasteiger charge is 2.13. The Kier molecular flexibility index (Phi) is 3.58. The number of carboxylic acid groups (broad SMARTS) is 1. The van der Waals surface area contributed by atoms with Crippen LogP contribution < -0.4 is 4.90 Å². The number of rotatable bonds is 4. The van der Waals surface area contributed by atoms with Crippen LogP contribution in [0.15, 0.2) is 12.1 Å². The maximum Gasteiger partial charge on any atom is 0.305 e. The zero-order chi connectivity index (χ0) is 12.3. The van der Waals surface area contributed by atoms with Crippen LogP contribution in [0, 0.1) is 0 Å². The van der Waals surface area contributed by atoms with Crippen LogP contribution in [0.25, 0.3) is 0 Å². The lowest BCUT2D eigenvalue weighted by molar-refractivity contribution is -0.136. The van der Waals surface area contributed by atoms with E-state index in [4.69, 9.17) is 9.84 Å². The Bertz CT molecular complexity index is 420. The average Bonchev–Trinajstić information content (AvgIpc) is 2.35. The van der Waals surface area contributed by atoms with Gasteiger partial charge in [0, 0.05) is 13.6 Å². The van der Waals surface area contributed by atoms with Crippen molar-refractivity contribution in [1.82, 2.24) is 4.98 Å². The van der Waals surface area contributed by atoms with E-state index in [0.29, 0.717) is 13.2 Å². The molecule has 92 valence electrons. The minimum atomic E-state index is -0.793. The van der Waals surface area contributed by atoms with Gasteiger partial charge in [-0.1, -0.05) is 6.07 Å². The maximum absolute atomic E-state index is 10.5. The molecule has 5 heteroatoms. The molecule has 5 nitrogen and oxygen atoms in total. The van der Waals surface area contributed by atoms with Crippen LogP contribution in [0.2, 0.25) is 0 Å². The molecule has 2 rings (SSSR count). The highest BCUT2D eigenvalue weighted by Crippen LogP contribution is 2.19. The zero-order valence-electron chi connectivity index (χ0n) is 9.85. The van der Waals surface area contributed by atoms with Crippen molar-refractivity contribution in [2.24, 2.45) is 0 Å². The van der Waals surface area contributed by atoms with E-state index in [2.05, 4.69) is 11.1 Å². The van der Waals surface area contributed by atoms with Crippen molar-refractivity contribution in [3.63, 3.8) is 0 Å². The molecule has 1 aromatic rings. The number of aromatic nitrogens is 1. The molecular weight excluding hydrogens is 220 g/mol. The van der Waals surface area contributed by atoms with Crippen LogP contribution >= 0.6 is 0 Å². The van der Waals surface area contributed by atoms with Gasteiger partial charge in [-0.25, -0.2) is 4.98 Å². The van der Waals surface area contributed by atoms with E-state index in [0.717, 1.165) is 24.5 Å². The Labute approximate surface area is 100 Å². The number of pyridine rings is 1. The summed E-state index contributed by atoms with van der Waals surface area (Å²) >= 11 is 0. The fourth-order valence-electron chi connectivity index (χ4n) is 1.81. The molecule has 2 heterocycles. The van der Waals surface area contributed by atoms with Crippen LogP contribution in [0.3, 0.4) is 0 Å². The van der Waals surface area contributed by atoms with Crippen molar-refractivity contribution < 1.29 is 14.6 Å². The lowest BCUT2D eigenvalue weighted by Crippen LogP contribution is -2.23. The molecule has 0 aromatic carbocycles. The highest BCUT2D eigenvalue weighted by molar-refractivity contribution is 5.67. The predicted octanol–water partition coefficient (Wildman–Crippen LogP) is 1.07. The van der Waals surface area contributed by atoms with Gasteiger partial charge < -0.3 is 14.7 Å². The van der Waals surface area contributed by atoms with E-state index >= 15 is 0 Å². The van der Waals surface area contributed by atoms with Gasteiger partial charge in [0.1, 0.15) is 5.82 Å². The van der Waals surface area contributed by atoms with E-state index in [1.165, 1.54) is 5.56 Å². The fourth-order valence-corrected chi connectivity index (χ4v) is 1.81. The third-order valence-corrected chi connectivity index (χ3v) is 2.86.